The second kappa shape index (κ2) is 9.65. The maximum atomic E-state index is 13.7. The molecule has 1 saturated heterocycles. The van der Waals surface area contributed by atoms with Gasteiger partial charge < -0.3 is 15.0 Å². The lowest BCUT2D eigenvalue weighted by Crippen LogP contribution is -2.51. The van der Waals surface area contributed by atoms with E-state index in [1.165, 1.54) is 24.3 Å². The summed E-state index contributed by atoms with van der Waals surface area (Å²) in [5, 5.41) is 11.3. The third kappa shape index (κ3) is 4.95. The fraction of sp³-hybridized carbons (Fsp3) is 0.409. The largest absolute Gasteiger partial charge is 0.497 e. The number of likely N-dealkylation sites (tertiary alicyclic amines) is 1. The first-order chi connectivity index (χ1) is 16.3. The van der Waals surface area contributed by atoms with Gasteiger partial charge in [0.15, 0.2) is 0 Å². The quantitative estimate of drug-likeness (QED) is 0.583. The van der Waals surface area contributed by atoms with E-state index in [1.807, 2.05) is 6.92 Å². The molecule has 1 aliphatic heterocycles. The second-order valence-electron chi connectivity index (χ2n) is 8.06. The van der Waals surface area contributed by atoms with Gasteiger partial charge in [-0.15, -0.1) is 0 Å². The van der Waals surface area contributed by atoms with Crippen LogP contribution in [0.15, 0.2) is 43.0 Å². The highest BCUT2D eigenvalue weighted by Gasteiger charge is 2.34. The van der Waals surface area contributed by atoms with E-state index in [0.717, 1.165) is 25.2 Å². The van der Waals surface area contributed by atoms with Crippen molar-refractivity contribution in [2.24, 2.45) is 5.92 Å². The number of amides is 1. The van der Waals surface area contributed by atoms with E-state index < -0.39 is 11.7 Å². The van der Waals surface area contributed by atoms with Crippen molar-refractivity contribution < 1.29 is 22.7 Å². The van der Waals surface area contributed by atoms with Crippen LogP contribution in [-0.2, 0) is 6.18 Å². The van der Waals surface area contributed by atoms with Crippen LogP contribution < -0.4 is 10.1 Å². The van der Waals surface area contributed by atoms with Crippen LogP contribution in [0.4, 0.5) is 19.1 Å². The van der Waals surface area contributed by atoms with E-state index in [0.29, 0.717) is 30.1 Å². The lowest BCUT2D eigenvalue weighted by molar-refractivity contribution is -0.138. The summed E-state index contributed by atoms with van der Waals surface area (Å²) >= 11 is 0. The normalized spacial score (nSPS) is 18.6. The summed E-state index contributed by atoms with van der Waals surface area (Å²) in [6.45, 7) is 2.88. The third-order valence-electron chi connectivity index (χ3n) is 5.89. The lowest BCUT2D eigenvalue weighted by Gasteiger charge is -2.40. The fourth-order valence-corrected chi connectivity index (χ4v) is 4.05. The summed E-state index contributed by atoms with van der Waals surface area (Å²) in [5.41, 5.74) is -0.00704. The van der Waals surface area contributed by atoms with Crippen molar-refractivity contribution in [3.63, 3.8) is 0 Å². The first kappa shape index (κ1) is 23.5. The number of hydrogen-bond acceptors (Lipinski definition) is 7. The summed E-state index contributed by atoms with van der Waals surface area (Å²) < 4.78 is 43.6. The minimum atomic E-state index is -4.50. The number of aromatic nitrogens is 5. The molecule has 2 aromatic heterocycles. The van der Waals surface area contributed by atoms with Crippen molar-refractivity contribution in [1.29, 1.82) is 0 Å². The van der Waals surface area contributed by atoms with Crippen molar-refractivity contribution in [2.45, 2.75) is 32.0 Å². The molecule has 0 radical (unpaired) electrons. The monoisotopic (exact) mass is 475 g/mol. The Labute approximate surface area is 194 Å². The van der Waals surface area contributed by atoms with Gasteiger partial charge >= 0.3 is 6.18 Å². The maximum absolute atomic E-state index is 13.7. The fourth-order valence-electron chi connectivity index (χ4n) is 4.05. The van der Waals surface area contributed by atoms with E-state index in [1.54, 1.807) is 23.1 Å². The molecule has 1 aliphatic rings. The highest BCUT2D eigenvalue weighted by atomic mass is 19.4. The number of anilines is 1. The Balaban J connectivity index is 1.56. The topological polar surface area (TPSA) is 98.1 Å². The predicted molar refractivity (Wildman–Crippen MR) is 117 cm³/mol. The van der Waals surface area contributed by atoms with Crippen LogP contribution in [0.1, 0.15) is 35.7 Å². The van der Waals surface area contributed by atoms with Gasteiger partial charge in [-0.3, -0.25) is 4.79 Å². The maximum Gasteiger partial charge on any atom is 0.419 e. The third-order valence-corrected chi connectivity index (χ3v) is 5.89. The number of nitrogens with zero attached hydrogens (tertiary/aromatic N) is 6. The van der Waals surface area contributed by atoms with Gasteiger partial charge in [-0.1, -0.05) is 6.92 Å². The second-order valence-corrected chi connectivity index (χ2v) is 8.06. The predicted octanol–water partition coefficient (Wildman–Crippen LogP) is 3.44. The number of ether oxygens (including phenoxy) is 1. The number of piperidine rings is 1. The van der Waals surface area contributed by atoms with Gasteiger partial charge in [0.05, 0.1) is 36.7 Å². The van der Waals surface area contributed by atoms with Crippen LogP contribution in [-0.4, -0.2) is 62.0 Å². The summed E-state index contributed by atoms with van der Waals surface area (Å²) in [6, 6.07) is 4.87. The SMILES string of the molecule is COc1ccc(C(=O)N2CCC[C@@H](C)[C@H]2CNc2ncc(C(F)(F)F)cn2)c(-n2nccn2)c1. The molecule has 34 heavy (non-hydrogen) atoms. The molecule has 0 aliphatic carbocycles. The minimum absolute atomic E-state index is 0.0732. The Kier molecular flexibility index (Phi) is 6.66. The molecule has 12 heteroatoms. The molecule has 1 fully saturated rings. The zero-order valence-electron chi connectivity index (χ0n) is 18.7. The van der Waals surface area contributed by atoms with Gasteiger partial charge in [-0.05, 0) is 30.9 Å². The number of halogens is 3. The number of carbonyl (C=O) groups excluding carboxylic acids is 1. The van der Waals surface area contributed by atoms with Gasteiger partial charge in [-0.2, -0.15) is 28.2 Å². The van der Waals surface area contributed by atoms with Crippen LogP contribution in [0.5, 0.6) is 5.75 Å². The molecule has 9 nitrogen and oxygen atoms in total. The molecule has 0 bridgehead atoms. The van der Waals surface area contributed by atoms with Crippen LogP contribution >= 0.6 is 0 Å². The van der Waals surface area contributed by atoms with Crippen molar-refractivity contribution in [1.82, 2.24) is 29.9 Å². The molecule has 0 spiro atoms. The molecule has 2 atom stereocenters. The number of rotatable bonds is 6. The molecular weight excluding hydrogens is 451 g/mol. The molecule has 1 N–H and O–H groups in total. The first-order valence-corrected chi connectivity index (χ1v) is 10.8. The van der Waals surface area contributed by atoms with Crippen LogP contribution in [0, 0.1) is 5.92 Å². The van der Waals surface area contributed by atoms with Gasteiger partial charge in [0.2, 0.25) is 5.95 Å². The number of carbonyl (C=O) groups is 1. The highest BCUT2D eigenvalue weighted by molar-refractivity contribution is 5.98. The van der Waals surface area contributed by atoms with Crippen molar-refractivity contribution in [3.05, 3.63) is 54.1 Å². The lowest BCUT2D eigenvalue weighted by atomic mass is 9.90. The van der Waals surface area contributed by atoms with Gasteiger partial charge in [0.25, 0.3) is 5.91 Å². The smallest absolute Gasteiger partial charge is 0.419 e. The van der Waals surface area contributed by atoms with Gasteiger partial charge in [0.1, 0.15) is 11.4 Å². The summed E-state index contributed by atoms with van der Waals surface area (Å²) in [6.07, 6.45) is 1.78. The molecular formula is C22H24F3N7O2. The van der Waals surface area contributed by atoms with Crippen LogP contribution in [0.2, 0.25) is 0 Å². The first-order valence-electron chi connectivity index (χ1n) is 10.8. The summed E-state index contributed by atoms with van der Waals surface area (Å²) in [4.78, 5) is 24.4. The molecule has 0 saturated carbocycles. The van der Waals surface area contributed by atoms with E-state index in [-0.39, 0.29) is 23.8 Å². The van der Waals surface area contributed by atoms with E-state index in [2.05, 4.69) is 25.5 Å². The Hall–Kier alpha value is -3.70. The van der Waals surface area contributed by atoms with Crippen molar-refractivity contribution >= 4 is 11.9 Å². The number of hydrogen-bond donors (Lipinski definition) is 1. The molecule has 1 amide bonds. The van der Waals surface area contributed by atoms with E-state index >= 15 is 0 Å². The molecule has 1 aromatic carbocycles. The minimum Gasteiger partial charge on any atom is -0.497 e. The Morgan fingerprint density at radius 1 is 1.21 bits per heavy atom. The average molecular weight is 475 g/mol. The van der Waals surface area contributed by atoms with Crippen LogP contribution in [0.25, 0.3) is 5.69 Å². The number of methoxy groups -OCH3 is 1. The standard InChI is InChI=1S/C22H24F3N7O2/c1-14-4-3-9-31(19(14)13-28-21-26-11-15(12-27-21)22(23,24)25)20(33)17-6-5-16(34-2)10-18(17)32-29-7-8-30-32/h5-8,10-12,14,19H,3-4,9,13H2,1-2H3,(H,26,27,28)/t14-,19-/m1/s1. The van der Waals surface area contributed by atoms with Crippen molar-refractivity contribution in [3.8, 4) is 11.4 Å². The number of alkyl halides is 3. The Morgan fingerprint density at radius 2 is 1.91 bits per heavy atom. The Bertz CT molecular complexity index is 1120. The molecule has 3 heterocycles. The molecule has 0 unspecified atom stereocenters. The molecule has 3 aromatic rings. The summed E-state index contributed by atoms with van der Waals surface area (Å²) in [7, 11) is 1.54. The van der Waals surface area contributed by atoms with E-state index in [9.17, 15) is 18.0 Å². The van der Waals surface area contributed by atoms with Gasteiger partial charge in [-0.25, -0.2) is 9.97 Å². The average Bonchev–Trinajstić information content (AvgIpc) is 3.37. The summed E-state index contributed by atoms with van der Waals surface area (Å²) in [5.74, 6) is 0.600. The van der Waals surface area contributed by atoms with Crippen molar-refractivity contribution in [2.75, 3.05) is 25.5 Å². The highest BCUT2D eigenvalue weighted by Crippen LogP contribution is 2.30. The zero-order valence-corrected chi connectivity index (χ0v) is 18.7. The molecule has 180 valence electrons. The van der Waals surface area contributed by atoms with Crippen LogP contribution in [0.3, 0.4) is 0 Å². The van der Waals surface area contributed by atoms with Gasteiger partial charge in [0, 0.05) is 31.5 Å². The zero-order chi connectivity index (χ0) is 24.3. The Morgan fingerprint density at radius 3 is 2.56 bits per heavy atom. The van der Waals surface area contributed by atoms with E-state index in [4.69, 9.17) is 4.74 Å². The molecule has 4 rings (SSSR count). The number of nitrogens with one attached hydrogen (secondary N) is 1. The number of benzene rings is 1.